The molecule has 1 aromatic carbocycles. The van der Waals surface area contributed by atoms with Crippen molar-refractivity contribution in [3.05, 3.63) is 46.7 Å². The molecule has 1 aliphatic heterocycles. The maximum atomic E-state index is 12.1. The summed E-state index contributed by atoms with van der Waals surface area (Å²) in [6, 6.07) is 5.82. The van der Waals surface area contributed by atoms with E-state index in [1.54, 1.807) is 19.2 Å². The molecular weight excluding hydrogens is 477 g/mol. The largest absolute Gasteiger partial charge is 0.359 e. The minimum atomic E-state index is -0.575. The van der Waals surface area contributed by atoms with Crippen LogP contribution in [0.2, 0.25) is 0 Å². The van der Waals surface area contributed by atoms with E-state index in [1.807, 2.05) is 19.2 Å². The Morgan fingerprint density at radius 1 is 1.06 bits per heavy atom. The summed E-state index contributed by atoms with van der Waals surface area (Å²) < 4.78 is 12.1. The lowest BCUT2D eigenvalue weighted by atomic mass is 9.88. The Hall–Kier alpha value is -2.52. The van der Waals surface area contributed by atoms with Crippen LogP contribution in [0.1, 0.15) is 69.5 Å². The molecule has 1 aromatic heterocycles. The van der Waals surface area contributed by atoms with Crippen molar-refractivity contribution in [1.29, 1.82) is 0 Å². The number of nitrogens with one attached hydrogen (secondary N) is 2. The summed E-state index contributed by atoms with van der Waals surface area (Å²) in [6.07, 6.45) is 11.9. The van der Waals surface area contributed by atoms with Crippen LogP contribution in [0.15, 0.2) is 29.6 Å². The minimum Gasteiger partial charge on any atom is -0.359 e. The van der Waals surface area contributed by atoms with Gasteiger partial charge >= 0.3 is 6.03 Å². The van der Waals surface area contributed by atoms with Crippen LogP contribution >= 0.6 is 11.3 Å². The Balaban J connectivity index is 0.000000253. The lowest BCUT2D eigenvalue weighted by molar-refractivity contribution is -0.118. The Morgan fingerprint density at radius 2 is 1.61 bits per heavy atom. The quantitative estimate of drug-likeness (QED) is 0.469. The van der Waals surface area contributed by atoms with Crippen LogP contribution in [0, 0.1) is 25.6 Å². The molecule has 0 bridgehead atoms. The second-order valence-electron chi connectivity index (χ2n) is 9.25. The van der Waals surface area contributed by atoms with Crippen LogP contribution in [-0.4, -0.2) is 48.5 Å². The molecule has 9 heteroatoms. The van der Waals surface area contributed by atoms with Gasteiger partial charge in [0.15, 0.2) is 5.13 Å². The first-order valence-corrected chi connectivity index (χ1v) is 13.7. The normalized spacial score (nSPS) is 15.6. The van der Waals surface area contributed by atoms with Crippen molar-refractivity contribution in [3.63, 3.8) is 0 Å². The summed E-state index contributed by atoms with van der Waals surface area (Å²) in [6.45, 7) is 9.44. The third-order valence-electron chi connectivity index (χ3n) is 5.90. The van der Waals surface area contributed by atoms with E-state index in [4.69, 9.17) is 5.73 Å². The van der Waals surface area contributed by atoms with E-state index in [0.29, 0.717) is 5.13 Å². The van der Waals surface area contributed by atoms with Gasteiger partial charge in [-0.25, -0.2) is 14.2 Å². The van der Waals surface area contributed by atoms with E-state index in [0.717, 1.165) is 17.2 Å². The van der Waals surface area contributed by atoms with E-state index in [9.17, 15) is 14.0 Å². The highest BCUT2D eigenvalue weighted by Crippen LogP contribution is 2.25. The number of primary amides is 1. The molecule has 1 saturated carbocycles. The highest BCUT2D eigenvalue weighted by Gasteiger charge is 2.18. The molecular formula is C27H44FN5O2S. The smallest absolute Gasteiger partial charge is 0.318 e. The molecule has 2 aromatic rings. The molecule has 4 rings (SSSR count). The van der Waals surface area contributed by atoms with Gasteiger partial charge < -0.3 is 16.0 Å². The van der Waals surface area contributed by atoms with Gasteiger partial charge in [-0.15, -0.1) is 11.3 Å². The zero-order valence-electron chi connectivity index (χ0n) is 22.3. The van der Waals surface area contributed by atoms with E-state index in [1.165, 1.54) is 101 Å². The third-order valence-corrected chi connectivity index (χ3v) is 6.78. The number of likely N-dealkylation sites (tertiary alicyclic amines) is 1. The standard InChI is InChI=1S/C12H23N.C7H7F.C5H7N3OS.C3H7NO/c1-3-7-12(8-4-1)11-13-9-5-2-6-10-13;1-6-2-4-7(8)5-3-6;1-3-2-10-5(7-3)8-4(6)9;1-3(5)4-2/h12H,1-11H2;2-5H,1H3;2H,1H3,(H3,6,7,8,9);1-2H3,(H,4,5). The number of carbonyl (C=O) groups excluding carboxylic acids is 2. The van der Waals surface area contributed by atoms with Gasteiger partial charge in [-0.1, -0.05) is 43.4 Å². The number of aryl methyl sites for hydroxylation is 2. The Labute approximate surface area is 220 Å². The van der Waals surface area contributed by atoms with Crippen molar-refractivity contribution in [2.45, 2.75) is 72.1 Å². The monoisotopic (exact) mass is 521 g/mol. The maximum absolute atomic E-state index is 12.1. The Morgan fingerprint density at radius 3 is 2.06 bits per heavy atom. The summed E-state index contributed by atoms with van der Waals surface area (Å²) >= 11 is 1.35. The molecule has 2 heterocycles. The molecule has 0 atom stereocenters. The number of anilines is 1. The number of nitrogens with two attached hydrogens (primary N) is 1. The fraction of sp³-hybridized carbons (Fsp3) is 0.593. The first-order valence-electron chi connectivity index (χ1n) is 12.8. The number of benzene rings is 1. The minimum absolute atomic E-state index is 0.00463. The highest BCUT2D eigenvalue weighted by atomic mass is 32.1. The van der Waals surface area contributed by atoms with E-state index in [2.05, 4.69) is 20.5 Å². The number of aromatic nitrogens is 1. The molecule has 3 amide bonds. The van der Waals surface area contributed by atoms with Gasteiger partial charge in [0, 0.05) is 25.9 Å². The maximum Gasteiger partial charge on any atom is 0.318 e. The number of nitrogens with zero attached hydrogens (tertiary/aromatic N) is 2. The van der Waals surface area contributed by atoms with E-state index in [-0.39, 0.29) is 11.7 Å². The topological polar surface area (TPSA) is 100 Å². The molecule has 7 nitrogen and oxygen atoms in total. The van der Waals surface area contributed by atoms with Crippen LogP contribution in [0.5, 0.6) is 0 Å². The summed E-state index contributed by atoms with van der Waals surface area (Å²) in [7, 11) is 1.60. The molecule has 36 heavy (non-hydrogen) atoms. The van der Waals surface area contributed by atoms with Crippen molar-refractivity contribution < 1.29 is 14.0 Å². The summed E-state index contributed by atoms with van der Waals surface area (Å²) in [4.78, 5) is 26.6. The zero-order valence-corrected chi connectivity index (χ0v) is 23.1. The van der Waals surface area contributed by atoms with Gasteiger partial charge in [0.25, 0.3) is 0 Å². The Kier molecular flexibility index (Phi) is 16.4. The number of urea groups is 1. The van der Waals surface area contributed by atoms with E-state index >= 15 is 0 Å². The number of rotatable bonds is 3. The summed E-state index contributed by atoms with van der Waals surface area (Å²) in [5, 5.41) is 7.15. The van der Waals surface area contributed by atoms with Crippen molar-refractivity contribution in [2.75, 3.05) is 32.0 Å². The molecule has 2 aliphatic rings. The van der Waals surface area contributed by atoms with Crippen LogP contribution in [0.3, 0.4) is 0 Å². The van der Waals surface area contributed by atoms with Crippen molar-refractivity contribution in [3.8, 4) is 0 Å². The second-order valence-corrected chi connectivity index (χ2v) is 10.1. The van der Waals surface area contributed by atoms with Crippen molar-refractivity contribution in [1.82, 2.24) is 15.2 Å². The number of carbonyl (C=O) groups is 2. The van der Waals surface area contributed by atoms with Gasteiger partial charge in [0.1, 0.15) is 5.82 Å². The second kappa shape index (κ2) is 18.7. The number of hydrogen-bond acceptors (Lipinski definition) is 5. The molecule has 1 aliphatic carbocycles. The third kappa shape index (κ3) is 16.2. The lowest BCUT2D eigenvalue weighted by Gasteiger charge is -2.32. The fourth-order valence-electron chi connectivity index (χ4n) is 3.93. The molecule has 0 unspecified atom stereocenters. The van der Waals surface area contributed by atoms with Crippen LogP contribution in [0.25, 0.3) is 0 Å². The zero-order chi connectivity index (χ0) is 26.8. The molecule has 202 valence electrons. The molecule has 4 N–H and O–H groups in total. The van der Waals surface area contributed by atoms with Gasteiger partial charge in [-0.3, -0.25) is 10.1 Å². The molecule has 1 saturated heterocycles. The lowest BCUT2D eigenvalue weighted by Crippen LogP contribution is -2.34. The highest BCUT2D eigenvalue weighted by molar-refractivity contribution is 7.13. The van der Waals surface area contributed by atoms with E-state index < -0.39 is 6.03 Å². The average Bonchev–Trinajstić information content (AvgIpc) is 3.27. The average molecular weight is 522 g/mol. The van der Waals surface area contributed by atoms with Gasteiger partial charge in [-0.2, -0.15) is 0 Å². The van der Waals surface area contributed by atoms with Crippen molar-refractivity contribution in [2.24, 2.45) is 11.7 Å². The fourth-order valence-corrected chi connectivity index (χ4v) is 4.62. The first-order chi connectivity index (χ1) is 17.2. The molecule has 0 radical (unpaired) electrons. The number of thiazole rings is 1. The van der Waals surface area contributed by atoms with Gasteiger partial charge in [0.2, 0.25) is 5.91 Å². The predicted octanol–water partition coefficient (Wildman–Crippen LogP) is 5.88. The molecule has 2 fully saturated rings. The number of halogens is 1. The van der Waals surface area contributed by atoms with Crippen LogP contribution in [-0.2, 0) is 4.79 Å². The number of hydrogen-bond donors (Lipinski definition) is 3. The van der Waals surface area contributed by atoms with Crippen molar-refractivity contribution >= 4 is 28.4 Å². The number of piperidine rings is 1. The van der Waals surface area contributed by atoms with Crippen LogP contribution in [0.4, 0.5) is 14.3 Å². The SMILES string of the molecule is C1CCC(CN2CCCCC2)CC1.CNC(C)=O.Cc1ccc(F)cc1.Cc1csc(NC(N)=O)n1. The first kappa shape index (κ1) is 31.5. The predicted molar refractivity (Wildman–Crippen MR) is 148 cm³/mol. The van der Waals surface area contributed by atoms with Gasteiger partial charge in [-0.05, 0) is 70.7 Å². The Bertz CT molecular complexity index is 826. The van der Waals surface area contributed by atoms with Crippen LogP contribution < -0.4 is 16.4 Å². The number of amides is 3. The summed E-state index contributed by atoms with van der Waals surface area (Å²) in [5.41, 5.74) is 6.82. The summed E-state index contributed by atoms with van der Waals surface area (Å²) in [5.74, 6) is 0.882. The molecule has 0 spiro atoms. The van der Waals surface area contributed by atoms with Gasteiger partial charge in [0.05, 0.1) is 5.69 Å².